The van der Waals surface area contributed by atoms with Gasteiger partial charge in [-0.1, -0.05) is 31.1 Å². The Kier molecular flexibility index (Phi) is 5.25. The van der Waals surface area contributed by atoms with Crippen LogP contribution in [0.4, 0.5) is 0 Å². The van der Waals surface area contributed by atoms with Gasteiger partial charge in [-0.25, -0.2) is 4.98 Å². The van der Waals surface area contributed by atoms with Gasteiger partial charge >= 0.3 is 0 Å². The molecule has 3 aromatic rings. The van der Waals surface area contributed by atoms with Crippen molar-refractivity contribution in [2.24, 2.45) is 0 Å². The van der Waals surface area contributed by atoms with Gasteiger partial charge in [-0.15, -0.1) is 12.4 Å². The largest absolute Gasteiger partial charge is 0.336 e. The highest BCUT2D eigenvalue weighted by Gasteiger charge is 2.23. The van der Waals surface area contributed by atoms with Crippen molar-refractivity contribution in [3.05, 3.63) is 23.8 Å². The van der Waals surface area contributed by atoms with Crippen LogP contribution in [0, 0.1) is 0 Å². The summed E-state index contributed by atoms with van der Waals surface area (Å²) in [7, 11) is 1.91. The first-order chi connectivity index (χ1) is 10.9. The fourth-order valence-electron chi connectivity index (χ4n) is 2.32. The average molecular weight is 352 g/mol. The molecule has 1 atom stereocenters. The van der Waals surface area contributed by atoms with Crippen LogP contribution in [0.5, 0.6) is 0 Å². The summed E-state index contributed by atoms with van der Waals surface area (Å²) in [6.07, 6.45) is 2.37. The van der Waals surface area contributed by atoms with Gasteiger partial charge in [0.2, 0.25) is 0 Å². The monoisotopic (exact) mass is 351 g/mol. The molecule has 0 saturated carbocycles. The molecular weight excluding hydrogens is 330 g/mol. The summed E-state index contributed by atoms with van der Waals surface area (Å²) in [5.74, 6) is 1.13. The third-order valence-corrected chi connectivity index (χ3v) is 3.74. The van der Waals surface area contributed by atoms with Crippen LogP contribution in [0.2, 0.25) is 0 Å². The maximum Gasteiger partial charge on any atom is 0.259 e. The van der Waals surface area contributed by atoms with Crippen LogP contribution in [0.1, 0.15) is 39.2 Å². The van der Waals surface area contributed by atoms with Gasteiger partial charge in [0.1, 0.15) is 0 Å². The summed E-state index contributed by atoms with van der Waals surface area (Å²) in [5, 5.41) is 12.2. The minimum Gasteiger partial charge on any atom is -0.336 e. The van der Waals surface area contributed by atoms with Gasteiger partial charge in [-0.05, 0) is 20.0 Å². The van der Waals surface area contributed by atoms with Gasteiger partial charge in [0, 0.05) is 24.1 Å². The summed E-state index contributed by atoms with van der Waals surface area (Å²) < 4.78 is 10.7. The summed E-state index contributed by atoms with van der Waals surface area (Å²) in [6, 6.07) is 2.23. The minimum absolute atomic E-state index is 0. The molecule has 1 N–H and O–H groups in total. The van der Waals surface area contributed by atoms with Crippen LogP contribution in [-0.2, 0) is 11.8 Å². The summed E-state index contributed by atoms with van der Waals surface area (Å²) in [6.45, 7) is 8.32. The van der Waals surface area contributed by atoms with Gasteiger partial charge in [0.25, 0.3) is 11.6 Å². The van der Waals surface area contributed by atoms with E-state index in [1.54, 1.807) is 6.20 Å². The fourth-order valence-corrected chi connectivity index (χ4v) is 2.32. The minimum atomic E-state index is -0.131. The van der Waals surface area contributed by atoms with E-state index in [1.807, 2.05) is 13.1 Å². The average Bonchev–Trinajstić information content (AvgIpc) is 3.12. The van der Waals surface area contributed by atoms with E-state index in [-0.39, 0.29) is 23.9 Å². The highest BCUT2D eigenvalue weighted by atomic mass is 35.5. The number of likely N-dealkylation sites (N-methyl/N-ethyl adjacent to an activating group) is 1. The Bertz CT molecular complexity index is 821. The number of rotatable bonds is 4. The van der Waals surface area contributed by atoms with E-state index in [0.717, 1.165) is 16.6 Å². The highest BCUT2D eigenvalue weighted by molar-refractivity contribution is 5.85. The number of fused-ring (bicyclic) bond motifs is 1. The Morgan fingerprint density at radius 1 is 1.21 bits per heavy atom. The summed E-state index contributed by atoms with van der Waals surface area (Å²) >= 11 is 0. The number of halogens is 1. The highest BCUT2D eigenvalue weighted by Crippen LogP contribution is 2.30. The third-order valence-electron chi connectivity index (χ3n) is 3.74. The Morgan fingerprint density at radius 3 is 2.62 bits per heavy atom. The van der Waals surface area contributed by atoms with Crippen LogP contribution in [-0.4, -0.2) is 33.4 Å². The normalized spacial score (nSPS) is 13.0. The molecule has 7 nitrogen and oxygen atoms in total. The number of nitrogens with zero attached hydrogens (tertiary/aromatic N) is 4. The van der Waals surface area contributed by atoms with Crippen LogP contribution in [0.25, 0.3) is 22.6 Å². The second-order valence-electron chi connectivity index (χ2n) is 6.77. The molecule has 0 spiro atoms. The molecule has 0 aliphatic heterocycles. The quantitative estimate of drug-likeness (QED) is 0.772. The number of hydrogen-bond donors (Lipinski definition) is 1. The molecule has 0 aliphatic rings. The number of aromatic nitrogens is 4. The first-order valence-electron chi connectivity index (χ1n) is 7.64. The second kappa shape index (κ2) is 6.86. The van der Waals surface area contributed by atoms with E-state index >= 15 is 0 Å². The molecule has 1 unspecified atom stereocenters. The van der Waals surface area contributed by atoms with E-state index in [2.05, 4.69) is 53.3 Å². The smallest absolute Gasteiger partial charge is 0.259 e. The van der Waals surface area contributed by atoms with Gasteiger partial charge < -0.3 is 14.4 Å². The molecule has 3 rings (SSSR count). The maximum atomic E-state index is 5.37. The zero-order chi connectivity index (χ0) is 16.6. The molecule has 0 amide bonds. The van der Waals surface area contributed by atoms with Crippen LogP contribution in [0.15, 0.2) is 21.3 Å². The predicted octanol–water partition coefficient (Wildman–Crippen LogP) is 3.14. The lowest BCUT2D eigenvalue weighted by Crippen LogP contribution is -2.24. The summed E-state index contributed by atoms with van der Waals surface area (Å²) in [4.78, 5) is 8.75. The molecule has 24 heavy (non-hydrogen) atoms. The zero-order valence-electron chi connectivity index (χ0n) is 14.5. The second-order valence-corrected chi connectivity index (χ2v) is 6.77. The number of pyridine rings is 1. The van der Waals surface area contributed by atoms with E-state index in [0.29, 0.717) is 23.8 Å². The van der Waals surface area contributed by atoms with Gasteiger partial charge in [-0.2, -0.15) is 4.98 Å². The molecule has 0 saturated heterocycles. The standard InChI is InChI=1S/C16H21N5O2.ClH/c1-9(17-5)6-12-19-14(22-20-12)10-7-11-13(16(2,3)4)21-23-15(11)18-8-10;/h7-9,17H,6H2,1-5H3;1H. The lowest BCUT2D eigenvalue weighted by atomic mass is 9.90. The fraction of sp³-hybridized carbons (Fsp3) is 0.500. The Morgan fingerprint density at radius 2 is 1.96 bits per heavy atom. The predicted molar refractivity (Wildman–Crippen MR) is 93.3 cm³/mol. The molecule has 0 aromatic carbocycles. The number of hydrogen-bond acceptors (Lipinski definition) is 7. The molecule has 0 fully saturated rings. The van der Waals surface area contributed by atoms with Crippen molar-refractivity contribution in [1.29, 1.82) is 0 Å². The van der Waals surface area contributed by atoms with Crippen molar-refractivity contribution in [3.8, 4) is 11.5 Å². The van der Waals surface area contributed by atoms with Crippen molar-refractivity contribution in [1.82, 2.24) is 25.6 Å². The zero-order valence-corrected chi connectivity index (χ0v) is 15.3. The van der Waals surface area contributed by atoms with Crippen LogP contribution in [0.3, 0.4) is 0 Å². The van der Waals surface area contributed by atoms with Crippen molar-refractivity contribution < 1.29 is 9.05 Å². The first kappa shape index (κ1) is 18.4. The van der Waals surface area contributed by atoms with E-state index in [1.165, 1.54) is 0 Å². The molecule has 3 heterocycles. The Labute approximate surface area is 146 Å². The molecule has 8 heteroatoms. The molecule has 130 valence electrons. The SMILES string of the molecule is CNC(C)Cc1noc(-c2cnc3onc(C(C)(C)C)c3c2)n1.Cl. The first-order valence-corrected chi connectivity index (χ1v) is 7.64. The van der Waals surface area contributed by atoms with E-state index < -0.39 is 0 Å². The lowest BCUT2D eigenvalue weighted by molar-refractivity contribution is 0.414. The van der Waals surface area contributed by atoms with Crippen LogP contribution >= 0.6 is 12.4 Å². The lowest BCUT2D eigenvalue weighted by Gasteiger charge is -2.14. The van der Waals surface area contributed by atoms with Crippen molar-refractivity contribution in [2.45, 2.75) is 45.6 Å². The van der Waals surface area contributed by atoms with E-state index in [4.69, 9.17) is 9.05 Å². The number of nitrogens with one attached hydrogen (secondary N) is 1. The van der Waals surface area contributed by atoms with Crippen molar-refractivity contribution in [2.75, 3.05) is 7.05 Å². The van der Waals surface area contributed by atoms with Crippen LogP contribution < -0.4 is 5.32 Å². The van der Waals surface area contributed by atoms with Crippen molar-refractivity contribution in [3.63, 3.8) is 0 Å². The van der Waals surface area contributed by atoms with Gasteiger partial charge in [-0.3, -0.25) is 0 Å². The topological polar surface area (TPSA) is 89.9 Å². The Balaban J connectivity index is 0.00000208. The van der Waals surface area contributed by atoms with E-state index in [9.17, 15) is 0 Å². The molecule has 0 aliphatic carbocycles. The molecule has 0 bridgehead atoms. The Hall–Kier alpha value is -1.99. The van der Waals surface area contributed by atoms with Crippen molar-refractivity contribution >= 4 is 23.5 Å². The third kappa shape index (κ3) is 3.57. The maximum absolute atomic E-state index is 5.37. The van der Waals surface area contributed by atoms with Gasteiger partial charge in [0.05, 0.1) is 16.6 Å². The molecule has 3 aromatic heterocycles. The molecule has 0 radical (unpaired) electrons. The molecular formula is C16H22ClN5O2. The van der Waals surface area contributed by atoms with Gasteiger partial charge in [0.15, 0.2) is 5.82 Å². The summed E-state index contributed by atoms with van der Waals surface area (Å²) in [5.41, 5.74) is 2.02.